The van der Waals surface area contributed by atoms with Gasteiger partial charge in [0.05, 0.1) is 0 Å². The first kappa shape index (κ1) is 25.5. The van der Waals surface area contributed by atoms with E-state index in [0.717, 1.165) is 11.1 Å². The van der Waals surface area contributed by atoms with Crippen LogP contribution in [0.15, 0.2) is 48.5 Å². The molecule has 0 amide bonds. The van der Waals surface area contributed by atoms with E-state index >= 15 is 0 Å². The predicted molar refractivity (Wildman–Crippen MR) is 120 cm³/mol. The van der Waals surface area contributed by atoms with E-state index in [1.807, 2.05) is 83.0 Å². The molecule has 0 saturated carbocycles. The number of hydrogen-bond donors (Lipinski definition) is 1. The molecule has 0 aliphatic carbocycles. The van der Waals surface area contributed by atoms with E-state index in [1.54, 1.807) is 12.1 Å². The number of carbonyl (C=O) groups excluding carboxylic acids is 2. The third kappa shape index (κ3) is 8.49. The molecule has 4 nitrogen and oxygen atoms in total. The Morgan fingerprint density at radius 1 is 0.786 bits per heavy atom. The first-order chi connectivity index (χ1) is 13.5. The van der Waals surface area contributed by atoms with E-state index in [9.17, 15) is 9.59 Å². The molecule has 2 aromatic rings. The van der Waals surface area contributed by atoms with Gasteiger partial charge < -0.3 is 10.6 Å². The number of anilines is 1. The fourth-order valence-electron chi connectivity index (χ4n) is 2.60. The van der Waals surface area contributed by atoms with Crippen molar-refractivity contribution in [2.75, 3.05) is 25.9 Å². The molecule has 4 heteroatoms. The summed E-state index contributed by atoms with van der Waals surface area (Å²) < 4.78 is 0. The van der Waals surface area contributed by atoms with Crippen molar-refractivity contribution >= 4 is 17.3 Å². The van der Waals surface area contributed by atoms with E-state index in [4.69, 9.17) is 5.73 Å². The highest BCUT2D eigenvalue weighted by Gasteiger charge is 2.12. The zero-order valence-electron chi connectivity index (χ0n) is 18.3. The lowest BCUT2D eigenvalue weighted by atomic mass is 10.0. The van der Waals surface area contributed by atoms with Crippen LogP contribution >= 0.6 is 0 Å². The van der Waals surface area contributed by atoms with Crippen LogP contribution in [-0.4, -0.2) is 36.6 Å². The topological polar surface area (TPSA) is 63.4 Å². The lowest BCUT2D eigenvalue weighted by Crippen LogP contribution is -2.25. The van der Waals surface area contributed by atoms with Crippen molar-refractivity contribution in [3.05, 3.63) is 65.2 Å². The van der Waals surface area contributed by atoms with Gasteiger partial charge in [0, 0.05) is 42.7 Å². The van der Waals surface area contributed by atoms with E-state index in [1.165, 1.54) is 0 Å². The van der Waals surface area contributed by atoms with E-state index < -0.39 is 0 Å². The van der Waals surface area contributed by atoms with E-state index in [-0.39, 0.29) is 11.6 Å². The Kier molecular flexibility index (Phi) is 13.3. The van der Waals surface area contributed by atoms with Crippen LogP contribution in [0.4, 0.5) is 5.69 Å². The predicted octanol–water partition coefficient (Wildman–Crippen LogP) is 5.41. The molecule has 0 aliphatic heterocycles. The van der Waals surface area contributed by atoms with Crippen LogP contribution in [0.1, 0.15) is 66.8 Å². The Morgan fingerprint density at radius 3 is 1.71 bits per heavy atom. The maximum atomic E-state index is 12.3. The highest BCUT2D eigenvalue weighted by Crippen LogP contribution is 2.13. The maximum absolute atomic E-state index is 12.3. The van der Waals surface area contributed by atoms with Crippen molar-refractivity contribution in [2.24, 2.45) is 0 Å². The van der Waals surface area contributed by atoms with Gasteiger partial charge in [0.15, 0.2) is 11.6 Å². The number of nitrogen functional groups attached to an aromatic ring is 1. The number of Topliss-reactive ketones (excluding diaryl/α,β-unsaturated/α-hetero) is 2. The van der Waals surface area contributed by atoms with Crippen molar-refractivity contribution in [3.8, 4) is 0 Å². The summed E-state index contributed by atoms with van der Waals surface area (Å²) in [4.78, 5) is 26.5. The number of para-hydroxylation sites is 1. The summed E-state index contributed by atoms with van der Waals surface area (Å²) in [5.41, 5.74) is 8.69. The molecule has 2 N–H and O–H groups in total. The van der Waals surface area contributed by atoms with Crippen molar-refractivity contribution < 1.29 is 9.59 Å². The number of ketones is 2. The SMILES string of the molecule is CC.CC.Cc1ccccc1C(=O)CCN(C)CCC(=O)c1ccccc1N. The number of carbonyl (C=O) groups is 2. The number of nitrogens with zero attached hydrogens (tertiary/aromatic N) is 1. The quantitative estimate of drug-likeness (QED) is 0.488. The molecule has 0 aliphatic rings. The number of hydrogen-bond acceptors (Lipinski definition) is 4. The van der Waals surface area contributed by atoms with E-state index in [0.29, 0.717) is 37.2 Å². The molecule has 0 spiro atoms. The number of aryl methyl sites for hydroxylation is 1. The minimum atomic E-state index is 0.0326. The lowest BCUT2D eigenvalue weighted by molar-refractivity contribution is 0.0956. The highest BCUT2D eigenvalue weighted by atomic mass is 16.1. The number of benzene rings is 2. The second-order valence-electron chi connectivity index (χ2n) is 6.05. The Bertz CT molecular complexity index is 665. The summed E-state index contributed by atoms with van der Waals surface area (Å²) >= 11 is 0. The number of nitrogens with two attached hydrogens (primary N) is 1. The van der Waals surface area contributed by atoms with Crippen LogP contribution in [0.3, 0.4) is 0 Å². The second-order valence-corrected chi connectivity index (χ2v) is 6.05. The molecule has 0 atom stereocenters. The molecule has 28 heavy (non-hydrogen) atoms. The maximum Gasteiger partial charge on any atom is 0.166 e. The van der Waals surface area contributed by atoms with Crippen LogP contribution in [-0.2, 0) is 0 Å². The van der Waals surface area contributed by atoms with Gasteiger partial charge in [0.2, 0.25) is 0 Å². The molecule has 0 aromatic heterocycles. The van der Waals surface area contributed by atoms with Crippen LogP contribution in [0.5, 0.6) is 0 Å². The van der Waals surface area contributed by atoms with Crippen molar-refractivity contribution in [3.63, 3.8) is 0 Å². The van der Waals surface area contributed by atoms with Crippen molar-refractivity contribution in [1.82, 2.24) is 4.90 Å². The van der Waals surface area contributed by atoms with Gasteiger partial charge in [-0.3, -0.25) is 9.59 Å². The molecule has 0 saturated heterocycles. The first-order valence-corrected chi connectivity index (χ1v) is 10.1. The Balaban J connectivity index is 0.00000171. The van der Waals surface area contributed by atoms with E-state index in [2.05, 4.69) is 0 Å². The van der Waals surface area contributed by atoms with Crippen LogP contribution in [0.25, 0.3) is 0 Å². The van der Waals surface area contributed by atoms with Crippen molar-refractivity contribution in [1.29, 1.82) is 0 Å². The Morgan fingerprint density at radius 2 is 1.21 bits per heavy atom. The molecule has 0 fully saturated rings. The highest BCUT2D eigenvalue weighted by molar-refractivity contribution is 6.00. The smallest absolute Gasteiger partial charge is 0.166 e. The third-order valence-corrected chi connectivity index (χ3v) is 4.15. The molecular weight excluding hydrogens is 348 g/mol. The zero-order valence-corrected chi connectivity index (χ0v) is 18.3. The number of rotatable bonds is 8. The fourth-order valence-corrected chi connectivity index (χ4v) is 2.60. The molecular formula is C24H36N2O2. The van der Waals surface area contributed by atoms with Crippen molar-refractivity contribution in [2.45, 2.75) is 47.5 Å². The fraction of sp³-hybridized carbons (Fsp3) is 0.417. The average molecular weight is 385 g/mol. The molecule has 0 unspecified atom stereocenters. The third-order valence-electron chi connectivity index (χ3n) is 4.15. The molecule has 0 bridgehead atoms. The van der Waals surface area contributed by atoms with Crippen LogP contribution in [0, 0.1) is 6.92 Å². The minimum Gasteiger partial charge on any atom is -0.398 e. The zero-order chi connectivity index (χ0) is 21.5. The largest absolute Gasteiger partial charge is 0.398 e. The van der Waals surface area contributed by atoms with Gasteiger partial charge >= 0.3 is 0 Å². The van der Waals surface area contributed by atoms with Gasteiger partial charge in [0.25, 0.3) is 0 Å². The van der Waals surface area contributed by atoms with Gasteiger partial charge in [0.1, 0.15) is 0 Å². The molecule has 2 rings (SSSR count). The van der Waals surface area contributed by atoms with Gasteiger partial charge in [-0.05, 0) is 31.7 Å². The Labute approximate surface area is 170 Å². The van der Waals surface area contributed by atoms with Gasteiger partial charge in [-0.25, -0.2) is 0 Å². The summed E-state index contributed by atoms with van der Waals surface area (Å²) in [5, 5.41) is 0. The summed E-state index contributed by atoms with van der Waals surface area (Å²) in [6.07, 6.45) is 0.840. The summed E-state index contributed by atoms with van der Waals surface area (Å²) in [6, 6.07) is 14.7. The molecule has 2 aromatic carbocycles. The average Bonchev–Trinajstić information content (AvgIpc) is 2.74. The summed E-state index contributed by atoms with van der Waals surface area (Å²) in [6.45, 7) is 11.2. The molecule has 0 heterocycles. The standard InChI is InChI=1S/C20H24N2O2.2C2H6/c1-15-7-3-4-8-16(15)19(23)11-13-22(2)14-12-20(24)17-9-5-6-10-18(17)21;2*1-2/h3-10H,11-14,21H2,1-2H3;2*1-2H3. The Hall–Kier alpha value is -2.46. The minimum absolute atomic E-state index is 0.0326. The monoisotopic (exact) mass is 384 g/mol. The van der Waals surface area contributed by atoms with Gasteiger partial charge in [-0.2, -0.15) is 0 Å². The molecule has 154 valence electrons. The second kappa shape index (κ2) is 14.6. The molecule has 0 radical (unpaired) electrons. The first-order valence-electron chi connectivity index (χ1n) is 10.1. The summed E-state index contributed by atoms with van der Waals surface area (Å²) in [5.74, 6) is 0.170. The summed E-state index contributed by atoms with van der Waals surface area (Å²) in [7, 11) is 1.92. The normalized spacial score (nSPS) is 9.68. The lowest BCUT2D eigenvalue weighted by Gasteiger charge is -2.16. The van der Waals surface area contributed by atoms with Crippen LogP contribution in [0.2, 0.25) is 0 Å². The van der Waals surface area contributed by atoms with Gasteiger partial charge in [-0.1, -0.05) is 64.1 Å². The van der Waals surface area contributed by atoms with Crippen LogP contribution < -0.4 is 5.73 Å². The van der Waals surface area contributed by atoms with Gasteiger partial charge in [-0.15, -0.1) is 0 Å².